The monoisotopic (exact) mass is 268 g/mol. The molecule has 0 fully saturated rings. The molecule has 2 heterocycles. The number of nitrogens with zero attached hydrogens (tertiary/aromatic N) is 2. The van der Waals surface area contributed by atoms with Gasteiger partial charge in [0.2, 0.25) is 0 Å². The second-order valence-electron chi connectivity index (χ2n) is 3.70. The zero-order valence-electron chi connectivity index (χ0n) is 9.52. The number of thiophene rings is 1. The lowest BCUT2D eigenvalue weighted by Gasteiger charge is -2.14. The molecule has 0 unspecified atom stereocenters. The number of carbonyl (C=O) groups excluding carboxylic acids is 1. The average Bonchev–Trinajstić information content (AvgIpc) is 2.89. The number of rotatable bonds is 4. The quantitative estimate of drug-likeness (QED) is 0.610. The minimum absolute atomic E-state index is 0.0268. The molecule has 17 heavy (non-hydrogen) atoms. The molecule has 0 atom stereocenters. The average molecular weight is 269 g/mol. The van der Waals surface area contributed by atoms with Crippen LogP contribution in [0, 0.1) is 0 Å². The van der Waals surface area contributed by atoms with Crippen LogP contribution in [0.4, 0.5) is 0 Å². The van der Waals surface area contributed by atoms with Gasteiger partial charge in [0, 0.05) is 17.3 Å². The normalized spacial score (nSPS) is 18.0. The molecule has 1 aliphatic rings. The molecule has 1 aliphatic heterocycles. The number of alkyl halides is 1. The summed E-state index contributed by atoms with van der Waals surface area (Å²) in [7, 11) is 0. The summed E-state index contributed by atoms with van der Waals surface area (Å²) in [5, 5.41) is 1.98. The number of hydrogen-bond acceptors (Lipinski definition) is 3. The highest BCUT2D eigenvalue weighted by molar-refractivity contribution is 7.10. The molecule has 0 aliphatic carbocycles. The van der Waals surface area contributed by atoms with E-state index in [1.54, 1.807) is 16.2 Å². The second kappa shape index (κ2) is 5.47. The lowest BCUT2D eigenvalue weighted by atomic mass is 10.3. The molecule has 0 spiro atoms. The molecule has 1 amide bonds. The smallest absolute Gasteiger partial charge is 0.277 e. The molecule has 0 aromatic carbocycles. The summed E-state index contributed by atoms with van der Waals surface area (Å²) in [5.41, 5.74) is 0.513. The topological polar surface area (TPSA) is 32.7 Å². The van der Waals surface area contributed by atoms with Gasteiger partial charge in [-0.05, 0) is 30.9 Å². The van der Waals surface area contributed by atoms with Crippen LogP contribution in [0.3, 0.4) is 0 Å². The number of carbonyl (C=O) groups is 1. The van der Waals surface area contributed by atoms with Gasteiger partial charge in [0.05, 0.1) is 0 Å². The molecular formula is C12H13ClN2OS. The standard InChI is InChI=1S/C12H13ClN2OS/c1-9-14-11(8-10-4-2-7-17-10)12(16)15(9)6-3-5-13/h2,4,7-8H,3,5-6H2,1H3/b11-8+. The van der Waals surface area contributed by atoms with Crippen molar-refractivity contribution in [1.29, 1.82) is 0 Å². The van der Waals surface area contributed by atoms with E-state index < -0.39 is 0 Å². The Bertz CT molecular complexity index is 465. The number of aliphatic imine (C=N–C) groups is 1. The number of amides is 1. The van der Waals surface area contributed by atoms with E-state index in [-0.39, 0.29) is 5.91 Å². The van der Waals surface area contributed by atoms with E-state index in [1.807, 2.05) is 30.5 Å². The SMILES string of the molecule is CC1=N/C(=C/c2cccs2)C(=O)N1CCCCl. The molecule has 0 saturated heterocycles. The van der Waals surface area contributed by atoms with Gasteiger partial charge in [-0.2, -0.15) is 0 Å². The molecule has 3 nitrogen and oxygen atoms in total. The minimum Gasteiger partial charge on any atom is -0.295 e. The van der Waals surface area contributed by atoms with Crippen LogP contribution in [0.15, 0.2) is 28.2 Å². The maximum absolute atomic E-state index is 12.1. The molecule has 90 valence electrons. The lowest BCUT2D eigenvalue weighted by Crippen LogP contribution is -2.31. The molecule has 0 bridgehead atoms. The third-order valence-corrected chi connectivity index (χ3v) is 3.56. The number of halogens is 1. The summed E-state index contributed by atoms with van der Waals surface area (Å²) >= 11 is 7.23. The van der Waals surface area contributed by atoms with Crippen LogP contribution < -0.4 is 0 Å². The van der Waals surface area contributed by atoms with Gasteiger partial charge in [-0.3, -0.25) is 9.69 Å². The van der Waals surface area contributed by atoms with E-state index in [1.165, 1.54) is 0 Å². The van der Waals surface area contributed by atoms with Gasteiger partial charge in [0.15, 0.2) is 0 Å². The summed E-state index contributed by atoms with van der Waals surface area (Å²) in [5.74, 6) is 1.28. The Morgan fingerprint density at radius 3 is 3.06 bits per heavy atom. The summed E-state index contributed by atoms with van der Waals surface area (Å²) < 4.78 is 0. The van der Waals surface area contributed by atoms with Crippen molar-refractivity contribution >= 4 is 40.8 Å². The maximum Gasteiger partial charge on any atom is 0.277 e. The Morgan fingerprint density at radius 1 is 1.59 bits per heavy atom. The Balaban J connectivity index is 2.15. The van der Waals surface area contributed by atoms with Crippen LogP contribution in [-0.4, -0.2) is 29.1 Å². The highest BCUT2D eigenvalue weighted by Gasteiger charge is 2.26. The number of hydrogen-bond donors (Lipinski definition) is 0. The van der Waals surface area contributed by atoms with E-state index >= 15 is 0 Å². The minimum atomic E-state index is -0.0268. The molecule has 1 aromatic heterocycles. The van der Waals surface area contributed by atoms with Crippen molar-refractivity contribution in [1.82, 2.24) is 4.90 Å². The van der Waals surface area contributed by atoms with E-state index in [9.17, 15) is 4.79 Å². The van der Waals surface area contributed by atoms with E-state index in [4.69, 9.17) is 11.6 Å². The zero-order valence-corrected chi connectivity index (χ0v) is 11.1. The molecular weight excluding hydrogens is 256 g/mol. The summed E-state index contributed by atoms with van der Waals surface area (Å²) in [6, 6.07) is 3.93. The predicted molar refractivity (Wildman–Crippen MR) is 72.5 cm³/mol. The highest BCUT2D eigenvalue weighted by atomic mass is 35.5. The van der Waals surface area contributed by atoms with Crippen LogP contribution in [0.25, 0.3) is 6.08 Å². The van der Waals surface area contributed by atoms with Crippen LogP contribution in [0.1, 0.15) is 18.2 Å². The van der Waals surface area contributed by atoms with E-state index in [2.05, 4.69) is 4.99 Å². The number of amidine groups is 1. The van der Waals surface area contributed by atoms with Gasteiger partial charge >= 0.3 is 0 Å². The third kappa shape index (κ3) is 2.76. The van der Waals surface area contributed by atoms with E-state index in [0.717, 1.165) is 17.1 Å². The van der Waals surface area contributed by atoms with Crippen molar-refractivity contribution in [2.45, 2.75) is 13.3 Å². The van der Waals surface area contributed by atoms with Crippen molar-refractivity contribution in [3.63, 3.8) is 0 Å². The van der Waals surface area contributed by atoms with Crippen molar-refractivity contribution in [2.24, 2.45) is 4.99 Å². The van der Waals surface area contributed by atoms with Crippen molar-refractivity contribution in [2.75, 3.05) is 12.4 Å². The van der Waals surface area contributed by atoms with Gasteiger partial charge < -0.3 is 0 Å². The molecule has 0 N–H and O–H groups in total. The molecule has 2 rings (SSSR count). The predicted octanol–water partition coefficient (Wildman–Crippen LogP) is 2.98. The first-order valence-corrected chi connectivity index (χ1v) is 6.82. The first kappa shape index (κ1) is 12.3. The van der Waals surface area contributed by atoms with Gasteiger partial charge in [-0.15, -0.1) is 22.9 Å². The first-order valence-electron chi connectivity index (χ1n) is 5.40. The van der Waals surface area contributed by atoms with Crippen molar-refractivity contribution in [3.05, 3.63) is 28.1 Å². The van der Waals surface area contributed by atoms with Crippen molar-refractivity contribution in [3.8, 4) is 0 Å². The lowest BCUT2D eigenvalue weighted by molar-refractivity contribution is -0.122. The van der Waals surface area contributed by atoms with Gasteiger partial charge in [0.25, 0.3) is 5.91 Å². The van der Waals surface area contributed by atoms with E-state index in [0.29, 0.717) is 18.1 Å². The summed E-state index contributed by atoms with van der Waals surface area (Å²) in [6.45, 7) is 2.49. The molecule has 1 aromatic rings. The zero-order chi connectivity index (χ0) is 12.3. The van der Waals surface area contributed by atoms with Gasteiger partial charge in [-0.25, -0.2) is 4.99 Å². The maximum atomic E-state index is 12.1. The highest BCUT2D eigenvalue weighted by Crippen LogP contribution is 2.20. The van der Waals surface area contributed by atoms with Crippen LogP contribution in [0.5, 0.6) is 0 Å². The largest absolute Gasteiger partial charge is 0.295 e. The van der Waals surface area contributed by atoms with Crippen LogP contribution in [-0.2, 0) is 4.79 Å². The Morgan fingerprint density at radius 2 is 2.41 bits per heavy atom. The summed E-state index contributed by atoms with van der Waals surface area (Å²) in [6.07, 6.45) is 2.61. The van der Waals surface area contributed by atoms with Crippen LogP contribution in [0.2, 0.25) is 0 Å². The molecule has 0 saturated carbocycles. The third-order valence-electron chi connectivity index (χ3n) is 2.47. The fraction of sp³-hybridized carbons (Fsp3) is 0.333. The second-order valence-corrected chi connectivity index (χ2v) is 5.06. The summed E-state index contributed by atoms with van der Waals surface area (Å²) in [4.78, 5) is 19.1. The fourth-order valence-electron chi connectivity index (χ4n) is 1.65. The van der Waals surface area contributed by atoms with Gasteiger partial charge in [-0.1, -0.05) is 6.07 Å². The van der Waals surface area contributed by atoms with Gasteiger partial charge in [0.1, 0.15) is 11.5 Å². The fourth-order valence-corrected chi connectivity index (χ4v) is 2.42. The Kier molecular flexibility index (Phi) is 3.97. The molecule has 0 radical (unpaired) electrons. The van der Waals surface area contributed by atoms with Crippen LogP contribution >= 0.6 is 22.9 Å². The Labute approximate surface area is 109 Å². The van der Waals surface area contributed by atoms with Crippen molar-refractivity contribution < 1.29 is 4.79 Å². The first-order chi connectivity index (χ1) is 8.22. The molecule has 5 heteroatoms. The Hall–Kier alpha value is -1.13.